The fourth-order valence-corrected chi connectivity index (χ4v) is 7.42. The zero-order chi connectivity index (χ0) is 47.2. The van der Waals surface area contributed by atoms with Crippen LogP contribution < -0.4 is 14.2 Å². The molecule has 0 aliphatic carbocycles. The zero-order valence-electron chi connectivity index (χ0n) is 37.2. The molecular weight excluding hydrogens is 863 g/mol. The summed E-state index contributed by atoms with van der Waals surface area (Å²) in [4.78, 5) is 18.0. The number of nitrogens with one attached hydrogen (secondary N) is 2. The summed E-state index contributed by atoms with van der Waals surface area (Å²) in [5.74, 6) is 1.89. The maximum absolute atomic E-state index is 13.2. The number of aromatic nitrogens is 6. The number of nitrogens with zero attached hydrogens (tertiary/aromatic N) is 6. The van der Waals surface area contributed by atoms with Crippen LogP contribution in [-0.2, 0) is 12.4 Å². The van der Waals surface area contributed by atoms with Gasteiger partial charge in [0, 0.05) is 22.6 Å². The van der Waals surface area contributed by atoms with E-state index in [0.717, 1.165) is 70.0 Å². The summed E-state index contributed by atoms with van der Waals surface area (Å²) >= 11 is 0. The first kappa shape index (κ1) is 46.9. The Morgan fingerprint density at radius 3 is 1.58 bits per heavy atom. The van der Waals surface area contributed by atoms with Gasteiger partial charge >= 0.3 is 12.4 Å². The van der Waals surface area contributed by atoms with Gasteiger partial charge in [0.15, 0.2) is 0 Å². The van der Waals surface area contributed by atoms with Gasteiger partial charge in [-0.1, -0.05) is 38.3 Å². The largest absolute Gasteiger partial charge is 0.496 e. The Kier molecular flexibility index (Phi) is 14.2. The van der Waals surface area contributed by atoms with E-state index in [4.69, 9.17) is 14.2 Å². The normalized spacial score (nSPS) is 13.7. The Labute approximate surface area is 377 Å². The molecular formula is C49H48F6N8O3. The number of methoxy groups -OCH3 is 2. The second kappa shape index (κ2) is 20.0. The van der Waals surface area contributed by atoms with Gasteiger partial charge in [0.25, 0.3) is 0 Å². The molecule has 0 spiro atoms. The molecule has 0 amide bonds. The quantitative estimate of drug-likeness (QED) is 0.0820. The number of halogens is 6. The second-order valence-corrected chi connectivity index (χ2v) is 15.8. The Morgan fingerprint density at radius 2 is 1.11 bits per heavy atom. The SMILES string of the molecule is CCCCCCOc1ccc(C)c(-c2cc(C3=CC(C)=NC3)nc(-c3cc(C(F)(F)F)[nH]n3)c2)c1.COc1cccc(OC)c1-c1cc(C2=CC(C)=NC2)nc(-c2cc(C(F)(F)F)[nH]n2)c1. The summed E-state index contributed by atoms with van der Waals surface area (Å²) in [6.45, 7) is 9.53. The number of benzene rings is 2. The highest BCUT2D eigenvalue weighted by atomic mass is 19.4. The molecule has 2 aliphatic rings. The van der Waals surface area contributed by atoms with Gasteiger partial charge in [0.2, 0.25) is 0 Å². The van der Waals surface area contributed by atoms with Gasteiger partial charge in [-0.15, -0.1) is 0 Å². The van der Waals surface area contributed by atoms with Crippen molar-refractivity contribution in [2.45, 2.75) is 65.7 Å². The van der Waals surface area contributed by atoms with E-state index in [2.05, 4.69) is 42.2 Å². The molecule has 66 heavy (non-hydrogen) atoms. The van der Waals surface area contributed by atoms with Crippen molar-refractivity contribution < 1.29 is 40.6 Å². The molecule has 2 aromatic carbocycles. The number of aryl methyl sites for hydroxylation is 1. The van der Waals surface area contributed by atoms with E-state index in [0.29, 0.717) is 59.4 Å². The van der Waals surface area contributed by atoms with E-state index >= 15 is 0 Å². The lowest BCUT2D eigenvalue weighted by Gasteiger charge is -2.15. The number of hydrogen-bond acceptors (Lipinski definition) is 9. The number of alkyl halides is 6. The molecule has 0 unspecified atom stereocenters. The average molecular weight is 911 g/mol. The minimum atomic E-state index is -4.53. The standard InChI is InChI=1S/C27H29F3N4O.C22H19F3N4O2/c1-4-5-6-7-10-35-21-9-8-17(2)22(14-21)19-12-23(20-11-18(3)31-16-20)32-24(13-19)25-15-26(34-33-25)27(28,29)30;1-12-7-14(11-26-12)15-8-13(21-18(30-2)5-4-6-19(21)31-3)9-16(27-15)17-10-20(29-28-17)22(23,24)25/h8-9,11-15H,4-7,10,16H2,1-3H3,(H,33,34);4-10H,11H2,1-3H3,(H,28,29). The number of pyridine rings is 2. The van der Waals surface area contributed by atoms with E-state index in [-0.39, 0.29) is 17.1 Å². The highest BCUT2D eigenvalue weighted by Gasteiger charge is 2.34. The minimum absolute atomic E-state index is 0.0838. The molecule has 344 valence electrons. The van der Waals surface area contributed by atoms with E-state index in [9.17, 15) is 26.3 Å². The first-order chi connectivity index (χ1) is 31.5. The highest BCUT2D eigenvalue weighted by Crippen LogP contribution is 2.41. The minimum Gasteiger partial charge on any atom is -0.496 e. The molecule has 0 radical (unpaired) electrons. The molecule has 0 atom stereocenters. The summed E-state index contributed by atoms with van der Waals surface area (Å²) in [5.41, 5.74) is 7.95. The number of rotatable bonds is 14. The molecule has 0 bridgehead atoms. The number of H-pyrrole nitrogens is 2. The van der Waals surface area contributed by atoms with Crippen LogP contribution in [0.2, 0.25) is 0 Å². The third kappa shape index (κ3) is 11.1. The number of allylic oxidation sites excluding steroid dienone is 2. The van der Waals surface area contributed by atoms with Crippen LogP contribution in [0.4, 0.5) is 26.3 Å². The van der Waals surface area contributed by atoms with Gasteiger partial charge in [-0.3, -0.25) is 20.2 Å². The van der Waals surface area contributed by atoms with Crippen molar-refractivity contribution in [3.8, 4) is 62.3 Å². The topological polar surface area (TPSA) is 136 Å². The molecule has 11 nitrogen and oxygen atoms in total. The summed E-state index contributed by atoms with van der Waals surface area (Å²) in [6.07, 6.45) is -0.705. The first-order valence-corrected chi connectivity index (χ1v) is 21.2. The van der Waals surface area contributed by atoms with E-state index < -0.39 is 23.7 Å². The van der Waals surface area contributed by atoms with Crippen molar-refractivity contribution in [1.29, 1.82) is 0 Å². The lowest BCUT2D eigenvalue weighted by molar-refractivity contribution is -0.142. The van der Waals surface area contributed by atoms with E-state index in [1.807, 2.05) is 68.4 Å². The van der Waals surface area contributed by atoms with Crippen LogP contribution in [0, 0.1) is 6.92 Å². The Morgan fingerprint density at radius 1 is 0.591 bits per heavy atom. The van der Waals surface area contributed by atoms with Crippen LogP contribution in [0.3, 0.4) is 0 Å². The van der Waals surface area contributed by atoms with Crippen molar-refractivity contribution in [2.24, 2.45) is 9.98 Å². The first-order valence-electron chi connectivity index (χ1n) is 21.2. The highest BCUT2D eigenvalue weighted by molar-refractivity contribution is 6.04. The molecule has 2 N–H and O–H groups in total. The Bertz CT molecular complexity index is 2810. The van der Waals surface area contributed by atoms with Crippen molar-refractivity contribution in [1.82, 2.24) is 30.4 Å². The van der Waals surface area contributed by atoms with Gasteiger partial charge in [-0.2, -0.15) is 36.5 Å². The smallest absolute Gasteiger partial charge is 0.432 e. The number of aromatic amines is 2. The number of ether oxygens (including phenoxy) is 3. The van der Waals surface area contributed by atoms with Gasteiger partial charge in [-0.05, 0) is 122 Å². The molecule has 6 heterocycles. The Balaban J connectivity index is 0.000000198. The predicted octanol–water partition coefficient (Wildman–Crippen LogP) is 12.3. The fraction of sp³-hybridized carbons (Fsp3) is 0.306. The maximum Gasteiger partial charge on any atom is 0.432 e. The van der Waals surface area contributed by atoms with Crippen LogP contribution in [0.1, 0.15) is 74.8 Å². The second-order valence-electron chi connectivity index (χ2n) is 15.8. The predicted molar refractivity (Wildman–Crippen MR) is 244 cm³/mol. The molecule has 8 rings (SSSR count). The summed E-state index contributed by atoms with van der Waals surface area (Å²) in [6, 6.07) is 20.5. The van der Waals surface area contributed by atoms with Crippen molar-refractivity contribution in [2.75, 3.05) is 33.9 Å². The summed E-state index contributed by atoms with van der Waals surface area (Å²) in [5, 5.41) is 11.9. The molecule has 2 aliphatic heterocycles. The maximum atomic E-state index is 13.2. The van der Waals surface area contributed by atoms with Crippen molar-refractivity contribution in [3.05, 3.63) is 113 Å². The molecule has 0 saturated heterocycles. The number of aliphatic imine (C=N–C) groups is 2. The monoisotopic (exact) mass is 910 g/mol. The van der Waals surface area contributed by atoms with Crippen molar-refractivity contribution in [3.63, 3.8) is 0 Å². The van der Waals surface area contributed by atoms with E-state index in [1.165, 1.54) is 12.8 Å². The average Bonchev–Trinajstić information content (AvgIpc) is 4.15. The van der Waals surface area contributed by atoms with Gasteiger partial charge in [0.1, 0.15) is 40.0 Å². The fourth-order valence-electron chi connectivity index (χ4n) is 7.42. The summed E-state index contributed by atoms with van der Waals surface area (Å²) < 4.78 is 95.7. The number of unbranched alkanes of at least 4 members (excludes halogenated alkanes) is 3. The van der Waals surface area contributed by atoms with Crippen LogP contribution in [-0.4, -0.2) is 75.7 Å². The molecule has 0 fully saturated rings. The third-order valence-corrected chi connectivity index (χ3v) is 10.9. The Hall–Kier alpha value is -7.04. The molecule has 17 heteroatoms. The summed E-state index contributed by atoms with van der Waals surface area (Å²) in [7, 11) is 3.09. The lowest BCUT2D eigenvalue weighted by atomic mass is 9.97. The van der Waals surface area contributed by atoms with E-state index in [1.54, 1.807) is 44.6 Å². The lowest BCUT2D eigenvalue weighted by Crippen LogP contribution is -2.04. The third-order valence-electron chi connectivity index (χ3n) is 10.9. The van der Waals surface area contributed by atoms with Crippen LogP contribution in [0.5, 0.6) is 17.2 Å². The van der Waals surface area contributed by atoms with Crippen LogP contribution in [0.15, 0.2) is 94.9 Å². The number of hydrogen-bond donors (Lipinski definition) is 2. The molecule has 4 aromatic heterocycles. The zero-order valence-corrected chi connectivity index (χ0v) is 37.2. The van der Waals surface area contributed by atoms with Gasteiger partial charge in [0.05, 0.1) is 62.3 Å². The van der Waals surface area contributed by atoms with Crippen LogP contribution in [0.25, 0.3) is 56.2 Å². The van der Waals surface area contributed by atoms with Gasteiger partial charge in [-0.25, -0.2) is 9.97 Å². The molecule has 0 saturated carbocycles. The van der Waals surface area contributed by atoms with Crippen molar-refractivity contribution >= 4 is 22.6 Å². The van der Waals surface area contributed by atoms with Gasteiger partial charge < -0.3 is 14.2 Å². The van der Waals surface area contributed by atoms with Crippen LogP contribution >= 0.6 is 0 Å². The molecule has 6 aromatic rings.